The molecule has 2 heterocycles. The number of hydrogen-bond acceptors (Lipinski definition) is 6. The third-order valence-corrected chi connectivity index (χ3v) is 3.27. The molecule has 3 N–H and O–H groups in total. The Hall–Kier alpha value is -3.35. The molecule has 0 atom stereocenters. The Labute approximate surface area is 133 Å². The van der Waals surface area contributed by atoms with Gasteiger partial charge in [-0.2, -0.15) is 28.5 Å². The number of alkyl halides is 3. The van der Waals surface area contributed by atoms with Gasteiger partial charge in [-0.15, -0.1) is 0 Å². The Morgan fingerprint density at radius 2 is 2.04 bits per heavy atom. The number of anilines is 3. The first-order valence-corrected chi connectivity index (χ1v) is 6.68. The van der Waals surface area contributed by atoms with Gasteiger partial charge in [-0.05, 0) is 12.1 Å². The lowest BCUT2D eigenvalue weighted by atomic mass is 10.1. The molecule has 0 aliphatic heterocycles. The summed E-state index contributed by atoms with van der Waals surface area (Å²) in [7, 11) is 1.34. The summed E-state index contributed by atoms with van der Waals surface area (Å²) in [5.41, 5.74) is 0.460. The topological polar surface area (TPSA) is 102 Å². The molecule has 0 aliphatic carbocycles. The number of H-pyrrole nitrogens is 1. The monoisotopic (exact) mass is 333 g/mol. The molecule has 0 fully saturated rings. The molecule has 3 aromatic rings. The zero-order valence-electron chi connectivity index (χ0n) is 12.2. The van der Waals surface area contributed by atoms with E-state index in [-0.39, 0.29) is 11.8 Å². The normalized spacial score (nSPS) is 11.3. The van der Waals surface area contributed by atoms with E-state index in [0.717, 1.165) is 0 Å². The van der Waals surface area contributed by atoms with E-state index in [0.29, 0.717) is 28.4 Å². The second-order valence-electron chi connectivity index (χ2n) is 4.80. The predicted octanol–water partition coefficient (Wildman–Crippen LogP) is 3.03. The number of nitriles is 1. The number of nitrogens with zero attached hydrogens (tertiary/aromatic N) is 4. The Balaban J connectivity index is 2.03. The maximum atomic E-state index is 12.9. The van der Waals surface area contributed by atoms with Crippen LogP contribution in [-0.2, 0) is 6.18 Å². The van der Waals surface area contributed by atoms with Crippen LogP contribution in [0.3, 0.4) is 0 Å². The van der Waals surface area contributed by atoms with Gasteiger partial charge >= 0.3 is 6.18 Å². The molecular formula is C14H10F3N7. The highest BCUT2D eigenvalue weighted by Crippen LogP contribution is 2.34. The van der Waals surface area contributed by atoms with Crippen LogP contribution in [0.1, 0.15) is 11.1 Å². The van der Waals surface area contributed by atoms with Crippen molar-refractivity contribution >= 4 is 28.4 Å². The number of halogens is 3. The Bertz CT molecular complexity index is 940. The standard InChI is InChI=1S/C14H10F3N7/c1-19-12-9(14(15,16)17)6-20-13(23-12)22-10-2-7(4-18)3-11-8(10)5-21-24-11/h2-3,5-6H,1H3,(H,21,24)(H2,19,20,22,23). The molecule has 2 aromatic heterocycles. The molecule has 7 nitrogen and oxygen atoms in total. The maximum Gasteiger partial charge on any atom is 0.421 e. The van der Waals surface area contributed by atoms with Crippen LogP contribution in [0.15, 0.2) is 24.5 Å². The van der Waals surface area contributed by atoms with Gasteiger partial charge in [0, 0.05) is 18.6 Å². The van der Waals surface area contributed by atoms with Gasteiger partial charge in [-0.25, -0.2) is 4.98 Å². The summed E-state index contributed by atoms with van der Waals surface area (Å²) in [6.07, 6.45) is -2.33. The van der Waals surface area contributed by atoms with Crippen molar-refractivity contribution in [2.24, 2.45) is 0 Å². The summed E-state index contributed by atoms with van der Waals surface area (Å²) in [5, 5.41) is 21.5. The van der Waals surface area contributed by atoms with Crippen LogP contribution in [0.25, 0.3) is 10.9 Å². The summed E-state index contributed by atoms with van der Waals surface area (Å²) in [4.78, 5) is 7.53. The molecule has 0 spiro atoms. The van der Waals surface area contributed by atoms with E-state index >= 15 is 0 Å². The van der Waals surface area contributed by atoms with E-state index in [9.17, 15) is 13.2 Å². The lowest BCUT2D eigenvalue weighted by Crippen LogP contribution is -2.12. The summed E-state index contributed by atoms with van der Waals surface area (Å²) < 4.78 is 38.6. The number of rotatable bonds is 3. The molecule has 0 saturated carbocycles. The van der Waals surface area contributed by atoms with Crippen LogP contribution < -0.4 is 10.6 Å². The minimum atomic E-state index is -4.56. The molecule has 0 amide bonds. The molecule has 0 unspecified atom stereocenters. The third kappa shape index (κ3) is 2.79. The van der Waals surface area contributed by atoms with Crippen molar-refractivity contribution in [3.05, 3.63) is 35.7 Å². The average molecular weight is 333 g/mol. The molecular weight excluding hydrogens is 323 g/mol. The molecule has 0 radical (unpaired) electrons. The first kappa shape index (κ1) is 15.5. The van der Waals surface area contributed by atoms with Gasteiger partial charge in [0.05, 0.1) is 29.0 Å². The fraction of sp³-hybridized carbons (Fsp3) is 0.143. The van der Waals surface area contributed by atoms with Crippen molar-refractivity contribution in [1.29, 1.82) is 5.26 Å². The molecule has 10 heteroatoms. The zero-order valence-corrected chi connectivity index (χ0v) is 12.2. The summed E-state index contributed by atoms with van der Waals surface area (Å²) >= 11 is 0. The van der Waals surface area contributed by atoms with E-state index in [1.54, 1.807) is 6.07 Å². The lowest BCUT2D eigenvalue weighted by Gasteiger charge is -2.13. The van der Waals surface area contributed by atoms with E-state index in [1.165, 1.54) is 19.3 Å². The largest absolute Gasteiger partial charge is 0.421 e. The van der Waals surface area contributed by atoms with E-state index < -0.39 is 11.7 Å². The van der Waals surface area contributed by atoms with Gasteiger partial charge < -0.3 is 10.6 Å². The molecule has 0 saturated heterocycles. The second kappa shape index (κ2) is 5.69. The smallest absolute Gasteiger partial charge is 0.372 e. The van der Waals surface area contributed by atoms with E-state index in [4.69, 9.17) is 5.26 Å². The van der Waals surface area contributed by atoms with Crippen molar-refractivity contribution in [1.82, 2.24) is 20.2 Å². The SMILES string of the molecule is CNc1nc(Nc2cc(C#N)cc3[nH]ncc23)ncc1C(F)(F)F. The number of aromatic amines is 1. The van der Waals surface area contributed by atoms with Gasteiger partial charge in [0.2, 0.25) is 5.95 Å². The van der Waals surface area contributed by atoms with Crippen LogP contribution >= 0.6 is 0 Å². The minimum absolute atomic E-state index is 0.0371. The van der Waals surface area contributed by atoms with Crippen molar-refractivity contribution in [2.75, 3.05) is 17.7 Å². The minimum Gasteiger partial charge on any atom is -0.372 e. The van der Waals surface area contributed by atoms with Gasteiger partial charge in [0.25, 0.3) is 0 Å². The first-order chi connectivity index (χ1) is 11.4. The molecule has 3 rings (SSSR count). The molecule has 1 aromatic carbocycles. The molecule has 24 heavy (non-hydrogen) atoms. The summed E-state index contributed by atoms with van der Waals surface area (Å²) in [5.74, 6) is -0.384. The zero-order chi connectivity index (χ0) is 17.3. The second-order valence-corrected chi connectivity index (χ2v) is 4.80. The molecule has 0 aliphatic rings. The summed E-state index contributed by atoms with van der Waals surface area (Å²) in [6, 6.07) is 5.15. The fourth-order valence-electron chi connectivity index (χ4n) is 2.18. The maximum absolute atomic E-state index is 12.9. The fourth-order valence-corrected chi connectivity index (χ4v) is 2.18. The van der Waals surface area contributed by atoms with Crippen LogP contribution in [0.4, 0.5) is 30.6 Å². The highest BCUT2D eigenvalue weighted by atomic mass is 19.4. The number of benzene rings is 1. The molecule has 0 bridgehead atoms. The number of aromatic nitrogens is 4. The van der Waals surface area contributed by atoms with Crippen LogP contribution in [0.5, 0.6) is 0 Å². The highest BCUT2D eigenvalue weighted by molar-refractivity contribution is 5.93. The van der Waals surface area contributed by atoms with Gasteiger partial charge in [0.1, 0.15) is 11.4 Å². The number of hydrogen-bond donors (Lipinski definition) is 3. The van der Waals surface area contributed by atoms with Crippen molar-refractivity contribution in [2.45, 2.75) is 6.18 Å². The van der Waals surface area contributed by atoms with Crippen LogP contribution in [-0.4, -0.2) is 27.2 Å². The number of fused-ring (bicyclic) bond motifs is 1. The number of nitrogens with one attached hydrogen (secondary N) is 3. The summed E-state index contributed by atoms with van der Waals surface area (Å²) in [6.45, 7) is 0. The van der Waals surface area contributed by atoms with Gasteiger partial charge in [-0.3, -0.25) is 5.10 Å². The van der Waals surface area contributed by atoms with Crippen molar-refractivity contribution < 1.29 is 13.2 Å². The van der Waals surface area contributed by atoms with Crippen LogP contribution in [0, 0.1) is 11.3 Å². The molecule has 122 valence electrons. The van der Waals surface area contributed by atoms with E-state index in [2.05, 4.69) is 30.8 Å². The van der Waals surface area contributed by atoms with Crippen LogP contribution in [0.2, 0.25) is 0 Å². The van der Waals surface area contributed by atoms with Gasteiger partial charge in [0.15, 0.2) is 0 Å². The van der Waals surface area contributed by atoms with Gasteiger partial charge in [-0.1, -0.05) is 0 Å². The lowest BCUT2D eigenvalue weighted by molar-refractivity contribution is -0.137. The average Bonchev–Trinajstić information content (AvgIpc) is 3.02. The third-order valence-electron chi connectivity index (χ3n) is 3.27. The first-order valence-electron chi connectivity index (χ1n) is 6.68. The van der Waals surface area contributed by atoms with E-state index in [1.807, 2.05) is 6.07 Å². The quantitative estimate of drug-likeness (QED) is 0.681. The Kier molecular flexibility index (Phi) is 3.69. The van der Waals surface area contributed by atoms with Crippen molar-refractivity contribution in [3.63, 3.8) is 0 Å². The Morgan fingerprint density at radius 3 is 2.71 bits per heavy atom. The Morgan fingerprint density at radius 1 is 1.25 bits per heavy atom. The van der Waals surface area contributed by atoms with Crippen molar-refractivity contribution in [3.8, 4) is 6.07 Å². The predicted molar refractivity (Wildman–Crippen MR) is 80.7 cm³/mol. The highest BCUT2D eigenvalue weighted by Gasteiger charge is 2.35.